The van der Waals surface area contributed by atoms with E-state index in [1.165, 1.54) is 43.1 Å². The zero-order chi connectivity index (χ0) is 25.5. The maximum absolute atomic E-state index is 12.8. The normalized spacial score (nSPS) is 11.7. The third kappa shape index (κ3) is 6.35. The average Bonchev–Trinajstić information content (AvgIpc) is 3.21. The van der Waals surface area contributed by atoms with Crippen LogP contribution in [0.1, 0.15) is 36.1 Å². The second-order valence-corrected chi connectivity index (χ2v) is 8.88. The van der Waals surface area contributed by atoms with Crippen LogP contribution in [0.5, 0.6) is 5.75 Å². The number of carbonyl (C=O) groups excluding carboxylic acids is 2. The number of thioether (sulfide) groups is 1. The second kappa shape index (κ2) is 11.5. The van der Waals surface area contributed by atoms with Crippen LogP contribution in [0.4, 0.5) is 11.4 Å². The number of para-hydroxylation sites is 2. The Balaban J connectivity index is 1.69. The molecule has 0 saturated heterocycles. The number of nitrogens with one attached hydrogen (secondary N) is 2. The van der Waals surface area contributed by atoms with E-state index in [0.29, 0.717) is 22.4 Å². The largest absolute Gasteiger partial charge is 0.495 e. The molecule has 1 atom stereocenters. The van der Waals surface area contributed by atoms with Crippen LogP contribution in [-0.4, -0.2) is 44.4 Å². The molecule has 0 bridgehead atoms. The Bertz CT molecular complexity index is 1230. The molecule has 2 aromatic carbocycles. The van der Waals surface area contributed by atoms with E-state index < -0.39 is 16.9 Å². The molecule has 12 heteroatoms. The number of anilines is 1. The summed E-state index contributed by atoms with van der Waals surface area (Å²) < 4.78 is 6.97. The Morgan fingerprint density at radius 2 is 1.91 bits per heavy atom. The topological polar surface area (TPSA) is 141 Å². The molecule has 0 fully saturated rings. The first-order valence-corrected chi connectivity index (χ1v) is 11.7. The lowest BCUT2D eigenvalue weighted by molar-refractivity contribution is -0.384. The SMILES string of the molecule is COc1ccccc1NC(=O)CSc1nnc([C@@H](NC(=O)c2cccc([N+](=O)[O-])c2)C(C)C)n1C. The van der Waals surface area contributed by atoms with Gasteiger partial charge < -0.3 is 19.9 Å². The first kappa shape index (κ1) is 25.7. The Hall–Kier alpha value is -3.93. The lowest BCUT2D eigenvalue weighted by Gasteiger charge is -2.21. The van der Waals surface area contributed by atoms with Crippen molar-refractivity contribution < 1.29 is 19.2 Å². The highest BCUT2D eigenvalue weighted by molar-refractivity contribution is 7.99. The van der Waals surface area contributed by atoms with Gasteiger partial charge in [-0.1, -0.05) is 43.8 Å². The van der Waals surface area contributed by atoms with Gasteiger partial charge in [0.15, 0.2) is 11.0 Å². The molecule has 2 amide bonds. The monoisotopic (exact) mass is 498 g/mol. The van der Waals surface area contributed by atoms with E-state index in [2.05, 4.69) is 20.8 Å². The van der Waals surface area contributed by atoms with E-state index in [4.69, 9.17) is 4.74 Å². The lowest BCUT2D eigenvalue weighted by atomic mass is 10.0. The van der Waals surface area contributed by atoms with Gasteiger partial charge in [-0.3, -0.25) is 19.7 Å². The first-order chi connectivity index (χ1) is 16.7. The van der Waals surface area contributed by atoms with Gasteiger partial charge in [-0.05, 0) is 24.1 Å². The van der Waals surface area contributed by atoms with Crippen LogP contribution in [0.25, 0.3) is 0 Å². The van der Waals surface area contributed by atoms with Gasteiger partial charge in [0.2, 0.25) is 5.91 Å². The van der Waals surface area contributed by atoms with E-state index in [9.17, 15) is 19.7 Å². The summed E-state index contributed by atoms with van der Waals surface area (Å²) in [6.45, 7) is 3.83. The van der Waals surface area contributed by atoms with Gasteiger partial charge in [0.25, 0.3) is 11.6 Å². The van der Waals surface area contributed by atoms with Crippen LogP contribution in [0.15, 0.2) is 53.7 Å². The molecule has 3 aromatic rings. The highest BCUT2D eigenvalue weighted by Crippen LogP contribution is 2.26. The first-order valence-electron chi connectivity index (χ1n) is 10.7. The van der Waals surface area contributed by atoms with Crippen LogP contribution in [0, 0.1) is 16.0 Å². The summed E-state index contributed by atoms with van der Waals surface area (Å²) >= 11 is 1.21. The molecule has 0 radical (unpaired) electrons. The van der Waals surface area contributed by atoms with E-state index in [1.807, 2.05) is 19.9 Å². The maximum atomic E-state index is 12.8. The Kier molecular flexibility index (Phi) is 8.42. The fourth-order valence-corrected chi connectivity index (χ4v) is 4.02. The molecule has 0 aliphatic carbocycles. The summed E-state index contributed by atoms with van der Waals surface area (Å²) in [4.78, 5) is 35.7. The number of non-ortho nitro benzene ring substituents is 1. The van der Waals surface area contributed by atoms with E-state index >= 15 is 0 Å². The molecule has 35 heavy (non-hydrogen) atoms. The standard InChI is InChI=1S/C23H26N6O5S/c1-14(2)20(25-22(31)15-8-7-9-16(12-15)29(32)33)21-26-27-23(28(21)3)35-13-19(30)24-17-10-5-6-11-18(17)34-4/h5-12,14,20H,13H2,1-4H3,(H,24,30)(H,25,31)/t20-/m0/s1. The minimum atomic E-state index is -0.549. The van der Waals surface area contributed by atoms with Crippen LogP contribution >= 0.6 is 11.8 Å². The van der Waals surface area contributed by atoms with Crippen LogP contribution in [0.3, 0.4) is 0 Å². The number of amides is 2. The van der Waals surface area contributed by atoms with Crippen molar-refractivity contribution in [2.75, 3.05) is 18.2 Å². The Morgan fingerprint density at radius 1 is 1.17 bits per heavy atom. The summed E-state index contributed by atoms with van der Waals surface area (Å²) in [5.41, 5.74) is 0.583. The zero-order valence-electron chi connectivity index (χ0n) is 19.7. The average molecular weight is 499 g/mol. The van der Waals surface area contributed by atoms with Gasteiger partial charge in [0.1, 0.15) is 5.75 Å². The number of hydrogen-bond donors (Lipinski definition) is 2. The molecule has 184 valence electrons. The maximum Gasteiger partial charge on any atom is 0.270 e. The van der Waals surface area contributed by atoms with Crippen LogP contribution in [-0.2, 0) is 11.8 Å². The molecule has 1 heterocycles. The highest BCUT2D eigenvalue weighted by Gasteiger charge is 2.26. The van der Waals surface area contributed by atoms with Gasteiger partial charge in [-0.15, -0.1) is 10.2 Å². The van der Waals surface area contributed by atoms with Gasteiger partial charge >= 0.3 is 0 Å². The van der Waals surface area contributed by atoms with Crippen molar-refractivity contribution in [3.8, 4) is 5.75 Å². The Labute approximate surface area is 206 Å². The number of nitro benzene ring substituents is 1. The van der Waals surface area contributed by atoms with Gasteiger partial charge in [0, 0.05) is 24.7 Å². The number of hydrogen-bond acceptors (Lipinski definition) is 8. The van der Waals surface area contributed by atoms with Crippen molar-refractivity contribution >= 4 is 35.0 Å². The predicted molar refractivity (Wildman–Crippen MR) is 131 cm³/mol. The highest BCUT2D eigenvalue weighted by atomic mass is 32.2. The molecule has 11 nitrogen and oxygen atoms in total. The molecular weight excluding hydrogens is 472 g/mol. The number of carbonyl (C=O) groups is 2. The van der Waals surface area contributed by atoms with Crippen LogP contribution < -0.4 is 15.4 Å². The van der Waals surface area contributed by atoms with Crippen molar-refractivity contribution in [2.45, 2.75) is 25.0 Å². The van der Waals surface area contributed by atoms with Gasteiger partial charge in [-0.25, -0.2) is 0 Å². The fourth-order valence-electron chi connectivity index (χ4n) is 3.30. The molecule has 3 rings (SSSR count). The number of ether oxygens (including phenoxy) is 1. The molecule has 0 aliphatic rings. The van der Waals surface area contributed by atoms with E-state index in [1.54, 1.807) is 29.8 Å². The smallest absolute Gasteiger partial charge is 0.270 e. The molecule has 0 saturated carbocycles. The molecular formula is C23H26N6O5S. The van der Waals surface area contributed by atoms with Crippen molar-refractivity contribution in [3.05, 3.63) is 70.0 Å². The number of rotatable bonds is 10. The van der Waals surface area contributed by atoms with Crippen molar-refractivity contribution in [1.82, 2.24) is 20.1 Å². The summed E-state index contributed by atoms with van der Waals surface area (Å²) in [6.07, 6.45) is 0. The van der Waals surface area contributed by atoms with Crippen LogP contribution in [0.2, 0.25) is 0 Å². The minimum absolute atomic E-state index is 0.0488. The van der Waals surface area contributed by atoms with Crippen molar-refractivity contribution in [2.24, 2.45) is 13.0 Å². The Morgan fingerprint density at radius 3 is 2.60 bits per heavy atom. The number of benzene rings is 2. The number of nitro groups is 1. The summed E-state index contributed by atoms with van der Waals surface area (Å²) in [5, 5.41) is 25.7. The molecule has 0 spiro atoms. The third-order valence-electron chi connectivity index (χ3n) is 5.13. The number of methoxy groups -OCH3 is 1. The molecule has 0 unspecified atom stereocenters. The van der Waals surface area contributed by atoms with E-state index in [-0.39, 0.29) is 28.8 Å². The lowest BCUT2D eigenvalue weighted by Crippen LogP contribution is -2.33. The summed E-state index contributed by atoms with van der Waals surface area (Å²) in [7, 11) is 3.29. The second-order valence-electron chi connectivity index (χ2n) is 7.94. The van der Waals surface area contributed by atoms with Crippen molar-refractivity contribution in [1.29, 1.82) is 0 Å². The number of aromatic nitrogens is 3. The minimum Gasteiger partial charge on any atom is -0.495 e. The summed E-state index contributed by atoms with van der Waals surface area (Å²) in [5.74, 6) is 0.421. The number of nitrogens with zero attached hydrogens (tertiary/aromatic N) is 4. The fraction of sp³-hybridized carbons (Fsp3) is 0.304. The van der Waals surface area contributed by atoms with E-state index in [0.717, 1.165) is 0 Å². The quantitative estimate of drug-likeness (QED) is 0.245. The predicted octanol–water partition coefficient (Wildman–Crippen LogP) is 3.59. The van der Waals surface area contributed by atoms with Crippen molar-refractivity contribution in [3.63, 3.8) is 0 Å². The third-order valence-corrected chi connectivity index (χ3v) is 6.15. The van der Waals surface area contributed by atoms with Gasteiger partial charge in [-0.2, -0.15) is 0 Å². The molecule has 2 N–H and O–H groups in total. The zero-order valence-corrected chi connectivity index (χ0v) is 20.5. The van der Waals surface area contributed by atoms with Gasteiger partial charge in [0.05, 0.1) is 29.5 Å². The molecule has 1 aromatic heterocycles. The molecule has 0 aliphatic heterocycles. The summed E-state index contributed by atoms with van der Waals surface area (Å²) in [6, 6.07) is 12.1.